The molecule has 0 aliphatic carbocycles. The smallest absolute Gasteiger partial charge is 0.312 e. The van der Waals surface area contributed by atoms with Crippen molar-refractivity contribution in [3.8, 4) is 5.75 Å². The largest absolute Gasteiger partial charge is 0.490 e. The Balaban J connectivity index is 2.41. The van der Waals surface area contributed by atoms with Crippen LogP contribution < -0.4 is 4.74 Å². The van der Waals surface area contributed by atoms with Gasteiger partial charge in [-0.2, -0.15) is 0 Å². The van der Waals surface area contributed by atoms with Crippen molar-refractivity contribution >= 4 is 15.7 Å². The summed E-state index contributed by atoms with van der Waals surface area (Å²) in [6, 6.07) is 3.50. The van der Waals surface area contributed by atoms with Crippen molar-refractivity contribution in [3.05, 3.63) is 28.3 Å². The molecule has 1 heterocycles. The SMILES string of the molecule is COc1ccc(S(=O)(=O)N2CCCCO2)cc1[N+](=O)[O-]. The van der Waals surface area contributed by atoms with Crippen molar-refractivity contribution in [1.29, 1.82) is 0 Å². The van der Waals surface area contributed by atoms with E-state index in [4.69, 9.17) is 9.57 Å². The fraction of sp³-hybridized carbons (Fsp3) is 0.455. The van der Waals surface area contributed by atoms with Crippen molar-refractivity contribution in [2.24, 2.45) is 0 Å². The Morgan fingerprint density at radius 2 is 2.15 bits per heavy atom. The Bertz CT molecular complexity index is 609. The quantitative estimate of drug-likeness (QED) is 0.614. The van der Waals surface area contributed by atoms with Crippen LogP contribution in [0.2, 0.25) is 0 Å². The first-order valence-corrected chi connectivity index (χ1v) is 7.39. The molecular weight excluding hydrogens is 288 g/mol. The minimum Gasteiger partial charge on any atom is -0.490 e. The fourth-order valence-corrected chi connectivity index (χ4v) is 3.17. The number of hydroxylamine groups is 1. The van der Waals surface area contributed by atoms with Crippen LogP contribution in [0, 0.1) is 10.1 Å². The molecule has 1 aromatic carbocycles. The van der Waals surface area contributed by atoms with Crippen LogP contribution in [-0.4, -0.2) is 38.1 Å². The molecule has 0 unspecified atom stereocenters. The summed E-state index contributed by atoms with van der Waals surface area (Å²) in [5.74, 6) is 0.00788. The molecule has 1 fully saturated rings. The van der Waals surface area contributed by atoms with Crippen LogP contribution in [-0.2, 0) is 14.9 Å². The van der Waals surface area contributed by atoms with Gasteiger partial charge in [-0.05, 0) is 25.0 Å². The van der Waals surface area contributed by atoms with Gasteiger partial charge in [-0.15, -0.1) is 0 Å². The van der Waals surface area contributed by atoms with E-state index >= 15 is 0 Å². The number of hydrogen-bond acceptors (Lipinski definition) is 6. The summed E-state index contributed by atoms with van der Waals surface area (Å²) >= 11 is 0. The summed E-state index contributed by atoms with van der Waals surface area (Å²) in [5.41, 5.74) is -0.398. The predicted molar refractivity (Wildman–Crippen MR) is 68.7 cm³/mol. The van der Waals surface area contributed by atoms with Crippen LogP contribution in [0.4, 0.5) is 5.69 Å². The van der Waals surface area contributed by atoms with Gasteiger partial charge in [0.2, 0.25) is 0 Å². The van der Waals surface area contributed by atoms with Crippen LogP contribution in [0.15, 0.2) is 23.1 Å². The van der Waals surface area contributed by atoms with E-state index in [-0.39, 0.29) is 17.2 Å². The lowest BCUT2D eigenvalue weighted by Crippen LogP contribution is -2.35. The number of rotatable bonds is 4. The van der Waals surface area contributed by atoms with Gasteiger partial charge >= 0.3 is 5.69 Å². The van der Waals surface area contributed by atoms with Crippen LogP contribution in [0.3, 0.4) is 0 Å². The second-order valence-electron chi connectivity index (χ2n) is 4.16. The van der Waals surface area contributed by atoms with Gasteiger partial charge in [0.15, 0.2) is 5.75 Å². The molecule has 20 heavy (non-hydrogen) atoms. The molecule has 1 aliphatic rings. The van der Waals surface area contributed by atoms with Crippen LogP contribution >= 0.6 is 0 Å². The topological polar surface area (TPSA) is 99.0 Å². The van der Waals surface area contributed by atoms with Gasteiger partial charge < -0.3 is 4.74 Å². The van der Waals surface area contributed by atoms with Gasteiger partial charge in [0, 0.05) is 12.6 Å². The number of nitro groups is 1. The van der Waals surface area contributed by atoms with E-state index in [1.807, 2.05) is 0 Å². The van der Waals surface area contributed by atoms with Crippen molar-refractivity contribution < 1.29 is 22.9 Å². The van der Waals surface area contributed by atoms with Gasteiger partial charge in [-0.3, -0.25) is 15.0 Å². The van der Waals surface area contributed by atoms with E-state index in [0.29, 0.717) is 13.0 Å². The molecule has 2 rings (SSSR count). The maximum Gasteiger partial charge on any atom is 0.312 e. The van der Waals surface area contributed by atoms with E-state index in [0.717, 1.165) is 17.0 Å². The third-order valence-corrected chi connectivity index (χ3v) is 4.56. The van der Waals surface area contributed by atoms with E-state index in [1.165, 1.54) is 19.2 Å². The standard InChI is InChI=1S/C11H14N2O6S/c1-18-11-5-4-9(8-10(11)13(14)15)20(16,17)12-6-2-3-7-19-12/h4-5,8H,2-3,6-7H2,1H3. The van der Waals surface area contributed by atoms with Gasteiger partial charge in [0.1, 0.15) is 0 Å². The zero-order valence-electron chi connectivity index (χ0n) is 10.8. The maximum atomic E-state index is 12.3. The Labute approximate surface area is 116 Å². The third-order valence-electron chi connectivity index (χ3n) is 2.88. The highest BCUT2D eigenvalue weighted by atomic mass is 32.2. The molecule has 0 aromatic heterocycles. The van der Waals surface area contributed by atoms with Crippen molar-refractivity contribution in [1.82, 2.24) is 4.47 Å². The van der Waals surface area contributed by atoms with E-state index in [2.05, 4.69) is 0 Å². The molecule has 8 nitrogen and oxygen atoms in total. The monoisotopic (exact) mass is 302 g/mol. The first kappa shape index (κ1) is 14.7. The summed E-state index contributed by atoms with van der Waals surface area (Å²) in [5, 5.41) is 10.9. The molecule has 0 spiro atoms. The highest BCUT2D eigenvalue weighted by Crippen LogP contribution is 2.31. The lowest BCUT2D eigenvalue weighted by atomic mass is 10.3. The average molecular weight is 302 g/mol. The summed E-state index contributed by atoms with van der Waals surface area (Å²) in [7, 11) is -2.61. The van der Waals surface area contributed by atoms with Gasteiger partial charge in [-0.1, -0.05) is 4.47 Å². The first-order valence-electron chi connectivity index (χ1n) is 5.95. The zero-order chi connectivity index (χ0) is 14.8. The molecule has 1 saturated heterocycles. The van der Waals surface area contributed by atoms with Crippen molar-refractivity contribution in [3.63, 3.8) is 0 Å². The van der Waals surface area contributed by atoms with Crippen LogP contribution in [0.1, 0.15) is 12.8 Å². The maximum absolute atomic E-state index is 12.3. The van der Waals surface area contributed by atoms with Gasteiger partial charge in [-0.25, -0.2) is 8.42 Å². The molecule has 0 bridgehead atoms. The number of ether oxygens (including phenoxy) is 1. The second-order valence-corrected chi connectivity index (χ2v) is 5.99. The number of sulfonamides is 1. The number of nitrogens with zero attached hydrogens (tertiary/aromatic N) is 2. The second kappa shape index (κ2) is 5.73. The number of hydrogen-bond donors (Lipinski definition) is 0. The molecule has 0 radical (unpaired) electrons. The van der Waals surface area contributed by atoms with E-state index < -0.39 is 20.6 Å². The third kappa shape index (κ3) is 2.74. The van der Waals surface area contributed by atoms with Gasteiger partial charge in [0.05, 0.1) is 23.5 Å². The predicted octanol–water partition coefficient (Wildman–Crippen LogP) is 1.32. The molecule has 9 heteroatoms. The van der Waals surface area contributed by atoms with Gasteiger partial charge in [0.25, 0.3) is 10.0 Å². The number of nitro benzene ring substituents is 1. The Morgan fingerprint density at radius 3 is 2.70 bits per heavy atom. The van der Waals surface area contributed by atoms with E-state index in [9.17, 15) is 18.5 Å². The zero-order valence-corrected chi connectivity index (χ0v) is 11.6. The van der Waals surface area contributed by atoms with Crippen LogP contribution in [0.5, 0.6) is 5.75 Å². The van der Waals surface area contributed by atoms with Crippen LogP contribution in [0.25, 0.3) is 0 Å². The lowest BCUT2D eigenvalue weighted by Gasteiger charge is -2.25. The molecule has 0 saturated carbocycles. The molecule has 1 aromatic rings. The Kier molecular flexibility index (Phi) is 4.21. The summed E-state index contributed by atoms with van der Waals surface area (Å²) in [4.78, 5) is 15.1. The number of benzene rings is 1. The molecular formula is C11H14N2O6S. The highest BCUT2D eigenvalue weighted by molar-refractivity contribution is 7.89. The van der Waals surface area contributed by atoms with Crippen molar-refractivity contribution in [2.75, 3.05) is 20.3 Å². The minimum atomic E-state index is -3.89. The fourth-order valence-electron chi connectivity index (χ4n) is 1.85. The number of methoxy groups -OCH3 is 1. The molecule has 0 atom stereocenters. The highest BCUT2D eigenvalue weighted by Gasteiger charge is 2.30. The Hall–Kier alpha value is -1.71. The average Bonchev–Trinajstić information content (AvgIpc) is 2.47. The summed E-state index contributed by atoms with van der Waals surface area (Å²) in [6.07, 6.45) is 1.48. The molecule has 1 aliphatic heterocycles. The molecule has 110 valence electrons. The summed E-state index contributed by atoms with van der Waals surface area (Å²) in [6.45, 7) is 0.555. The first-order chi connectivity index (χ1) is 9.46. The minimum absolute atomic E-state index is 0.00788. The molecule has 0 amide bonds. The molecule has 0 N–H and O–H groups in total. The Morgan fingerprint density at radius 1 is 1.40 bits per heavy atom. The van der Waals surface area contributed by atoms with Crippen molar-refractivity contribution in [2.45, 2.75) is 17.7 Å². The van der Waals surface area contributed by atoms with E-state index in [1.54, 1.807) is 0 Å². The normalized spacial score (nSPS) is 16.9. The lowest BCUT2D eigenvalue weighted by molar-refractivity contribution is -0.386. The summed E-state index contributed by atoms with van der Waals surface area (Å²) < 4.78 is 30.3.